The van der Waals surface area contributed by atoms with Crippen molar-refractivity contribution < 1.29 is 65.9 Å². The van der Waals surface area contributed by atoms with E-state index in [-0.39, 0.29) is 57.4 Å². The highest BCUT2D eigenvalue weighted by atomic mass is 35.5. The van der Waals surface area contributed by atoms with Gasteiger partial charge < -0.3 is 55.6 Å². The third kappa shape index (κ3) is 17.4. The zero-order chi connectivity index (χ0) is 66.7. The SMILES string of the molecule is CCC(C)[C@@H]1NC(=O)[C@H](C)N(C)C(=O)C[C@@H](C)NC(=O)[C@H](C2CCCC2)N(C)C(=O)C2(CCCC2)NC(=O)[C@@H]2CCCN2C(=O)[C@H](CCc2ccc(C(F)(F)F)c(Cl)c2)NC(=O)[C@@H](C)N(C)C(=O)[C@H](Cc2ccccc2)N(C)C(=O)CN(C)C(=O)CN(C)C1=O. The van der Waals surface area contributed by atoms with E-state index in [1.54, 1.807) is 44.2 Å². The molecule has 1 spiro atoms. The van der Waals surface area contributed by atoms with E-state index >= 15 is 9.59 Å². The minimum absolute atomic E-state index is 0.0469. The Hall–Kier alpha value is -7.31. The standard InChI is InChI=1S/C64H91ClF3N11O11/c1-12-38(2)53-61(89)74(7)36-51(81)73(6)37-52(82)77(10)49(35-42-21-14-13-15-22-42)60(88)76(9)41(5)55(83)70-47(29-27-43-26-28-45(46(65)34-43)64(66,67)68)59(87)79-32-20-25-48(79)57(85)72-63(30-18-19-31-63)62(90)78(11)54(44-23-16-17-24-44)58(86)69-39(3)33-50(80)75(8)40(4)56(84)71-53/h13-15,21-22,26,28,34,38-41,44,47-49,53-54H,12,16-20,23-25,27,29-33,35-37H2,1-11H3,(H,69,86)(H,70,83)(H,71,84)(H,72,85)/t38?,39-,40+,41-,47+,48+,49+,53+,54+/m1/s1. The van der Waals surface area contributed by atoms with Crippen LogP contribution in [0.3, 0.4) is 0 Å². The topological polar surface area (TPSA) is 259 Å². The number of aryl methyl sites for hydroxylation is 1. The molecule has 26 heteroatoms. The number of hydrogen-bond acceptors (Lipinski definition) is 11. The molecule has 11 amide bonds. The van der Waals surface area contributed by atoms with Crippen LogP contribution in [-0.2, 0) is 71.8 Å². The molecule has 0 bridgehead atoms. The molecule has 9 atom stereocenters. The normalized spacial score (nSPS) is 26.8. The van der Waals surface area contributed by atoms with Crippen molar-refractivity contribution in [2.75, 3.05) is 61.9 Å². The van der Waals surface area contributed by atoms with Gasteiger partial charge in [-0.2, -0.15) is 13.2 Å². The largest absolute Gasteiger partial charge is 0.417 e. The van der Waals surface area contributed by atoms with Crippen LogP contribution in [0.1, 0.15) is 135 Å². The summed E-state index contributed by atoms with van der Waals surface area (Å²) in [5.74, 6) is -7.77. The molecule has 4 N–H and O–H groups in total. The van der Waals surface area contributed by atoms with Crippen molar-refractivity contribution in [2.24, 2.45) is 11.8 Å². The minimum atomic E-state index is -4.75. The second kappa shape index (κ2) is 31.1. The summed E-state index contributed by atoms with van der Waals surface area (Å²) in [6.07, 6.45) is 0.0161. The van der Waals surface area contributed by atoms with E-state index in [0.29, 0.717) is 49.7 Å². The van der Waals surface area contributed by atoms with Crippen molar-refractivity contribution in [1.29, 1.82) is 0 Å². The summed E-state index contributed by atoms with van der Waals surface area (Å²) in [6.45, 7) is 7.08. The number of nitrogens with zero attached hydrogens (tertiary/aromatic N) is 7. The molecule has 4 fully saturated rings. The van der Waals surface area contributed by atoms with Crippen molar-refractivity contribution in [3.05, 3.63) is 70.2 Å². The van der Waals surface area contributed by atoms with Gasteiger partial charge in [-0.3, -0.25) is 52.7 Å². The fourth-order valence-corrected chi connectivity index (χ4v) is 12.9. The number of hydrogen-bond donors (Lipinski definition) is 4. The average Bonchev–Trinajstić information content (AvgIpc) is 1.55. The minimum Gasteiger partial charge on any atom is -0.351 e. The van der Waals surface area contributed by atoms with Crippen LogP contribution in [-0.4, -0.2) is 215 Å². The van der Waals surface area contributed by atoms with Gasteiger partial charge in [0.1, 0.15) is 47.8 Å². The van der Waals surface area contributed by atoms with Crippen LogP contribution in [0.4, 0.5) is 13.2 Å². The molecule has 2 aromatic rings. The summed E-state index contributed by atoms with van der Waals surface area (Å²) in [6, 6.07) is 2.63. The number of nitrogens with one attached hydrogen (secondary N) is 4. The van der Waals surface area contributed by atoms with Crippen LogP contribution >= 0.6 is 11.6 Å². The van der Waals surface area contributed by atoms with Gasteiger partial charge in [0, 0.05) is 67.7 Å². The monoisotopic (exact) mass is 1280 g/mol. The van der Waals surface area contributed by atoms with E-state index < -0.39 is 155 Å². The number of likely N-dealkylation sites (N-methyl/N-ethyl adjacent to an activating group) is 6. The molecule has 1 unspecified atom stereocenters. The molecule has 6 rings (SSSR count). The number of alkyl halides is 3. The van der Waals surface area contributed by atoms with E-state index in [1.165, 1.54) is 76.9 Å². The second-order valence-corrected chi connectivity index (χ2v) is 25.6. The summed E-state index contributed by atoms with van der Waals surface area (Å²) in [7, 11) is 8.40. The molecule has 2 saturated heterocycles. The lowest BCUT2D eigenvalue weighted by Gasteiger charge is -2.40. The number of fused-ring (bicyclic) bond motifs is 1. The first-order valence-electron chi connectivity index (χ1n) is 31.3. The predicted molar refractivity (Wildman–Crippen MR) is 329 cm³/mol. The van der Waals surface area contributed by atoms with Crippen molar-refractivity contribution >= 4 is 76.6 Å². The van der Waals surface area contributed by atoms with E-state index in [0.717, 1.165) is 44.6 Å². The summed E-state index contributed by atoms with van der Waals surface area (Å²) in [5, 5.41) is 11.0. The highest BCUT2D eigenvalue weighted by Gasteiger charge is 2.50. The smallest absolute Gasteiger partial charge is 0.351 e. The molecule has 2 aromatic carbocycles. The Balaban J connectivity index is 1.37. The maximum Gasteiger partial charge on any atom is 0.417 e. The van der Waals surface area contributed by atoms with Gasteiger partial charge in [-0.1, -0.05) is 94.0 Å². The molecule has 2 saturated carbocycles. The second-order valence-electron chi connectivity index (χ2n) is 25.2. The average molecular weight is 1280 g/mol. The number of rotatable bonds is 8. The molecule has 496 valence electrons. The molecule has 2 aliphatic carbocycles. The summed E-state index contributed by atoms with van der Waals surface area (Å²) in [4.78, 5) is 168. The van der Waals surface area contributed by atoms with Crippen LogP contribution in [0, 0.1) is 11.8 Å². The van der Waals surface area contributed by atoms with E-state index in [9.17, 15) is 56.3 Å². The lowest BCUT2D eigenvalue weighted by Crippen LogP contribution is -2.64. The van der Waals surface area contributed by atoms with Gasteiger partial charge in [0.15, 0.2) is 0 Å². The molecule has 2 aliphatic heterocycles. The lowest BCUT2D eigenvalue weighted by atomic mass is 9.90. The van der Waals surface area contributed by atoms with Crippen molar-refractivity contribution in [3.63, 3.8) is 0 Å². The number of carbonyl (C=O) groups excluding carboxylic acids is 11. The summed E-state index contributed by atoms with van der Waals surface area (Å²) < 4.78 is 41.4. The van der Waals surface area contributed by atoms with E-state index in [4.69, 9.17) is 11.6 Å². The molecule has 2 heterocycles. The molecule has 22 nitrogen and oxygen atoms in total. The lowest BCUT2D eigenvalue weighted by molar-refractivity contribution is -0.150. The van der Waals surface area contributed by atoms with Crippen molar-refractivity contribution in [1.82, 2.24) is 55.6 Å². The molecular weight excluding hydrogens is 1190 g/mol. The Morgan fingerprint density at radius 1 is 0.633 bits per heavy atom. The van der Waals surface area contributed by atoms with Gasteiger partial charge >= 0.3 is 6.18 Å². The Morgan fingerprint density at radius 2 is 1.24 bits per heavy atom. The number of amides is 11. The number of benzene rings is 2. The van der Waals surface area contributed by atoms with Crippen LogP contribution in [0.15, 0.2) is 48.5 Å². The predicted octanol–water partition coefficient (Wildman–Crippen LogP) is 4.33. The fourth-order valence-electron chi connectivity index (χ4n) is 12.6. The highest BCUT2D eigenvalue weighted by Crippen LogP contribution is 2.38. The van der Waals surface area contributed by atoms with Crippen LogP contribution in [0.5, 0.6) is 0 Å². The third-order valence-electron chi connectivity index (χ3n) is 18.9. The van der Waals surface area contributed by atoms with Crippen molar-refractivity contribution in [2.45, 2.75) is 191 Å². The molecule has 0 aromatic heterocycles. The van der Waals surface area contributed by atoms with Crippen LogP contribution in [0.2, 0.25) is 5.02 Å². The van der Waals surface area contributed by atoms with Crippen molar-refractivity contribution in [3.8, 4) is 0 Å². The Morgan fingerprint density at radius 3 is 1.86 bits per heavy atom. The Kier molecular flexibility index (Phi) is 24.8. The van der Waals surface area contributed by atoms with E-state index in [2.05, 4.69) is 21.3 Å². The quantitative estimate of drug-likeness (QED) is 0.289. The van der Waals surface area contributed by atoms with Gasteiger partial charge in [-0.15, -0.1) is 0 Å². The third-order valence-corrected chi connectivity index (χ3v) is 19.2. The molecule has 4 aliphatic rings. The van der Waals surface area contributed by atoms with Gasteiger partial charge in [-0.25, -0.2) is 0 Å². The van der Waals surface area contributed by atoms with E-state index in [1.807, 2.05) is 6.92 Å². The first-order chi connectivity index (χ1) is 42.3. The zero-order valence-electron chi connectivity index (χ0n) is 53.8. The molecular formula is C64H91ClF3N11O11. The molecule has 0 radical (unpaired) electrons. The van der Waals surface area contributed by atoms with Gasteiger partial charge in [0.25, 0.3) is 0 Å². The van der Waals surface area contributed by atoms with Crippen LogP contribution in [0.25, 0.3) is 0 Å². The van der Waals surface area contributed by atoms with Gasteiger partial charge in [0.2, 0.25) is 65.0 Å². The number of carbonyl (C=O) groups is 11. The zero-order valence-corrected chi connectivity index (χ0v) is 54.5. The summed E-state index contributed by atoms with van der Waals surface area (Å²) in [5.41, 5.74) is -1.62. The maximum absolute atomic E-state index is 15.2. The Labute approximate surface area is 531 Å². The molecule has 90 heavy (non-hydrogen) atoms. The van der Waals surface area contributed by atoms with Gasteiger partial charge in [-0.05, 0) is 107 Å². The number of halogens is 4. The van der Waals surface area contributed by atoms with Gasteiger partial charge in [0.05, 0.1) is 23.7 Å². The highest BCUT2D eigenvalue weighted by molar-refractivity contribution is 6.31. The first kappa shape index (κ1) is 71.8. The Bertz CT molecular complexity index is 2960. The maximum atomic E-state index is 15.2. The summed E-state index contributed by atoms with van der Waals surface area (Å²) >= 11 is 6.12. The first-order valence-corrected chi connectivity index (χ1v) is 31.7. The van der Waals surface area contributed by atoms with Crippen LogP contribution < -0.4 is 21.3 Å². The fraction of sp³-hybridized carbons (Fsp3) is 0.641.